The normalized spacial score (nSPS) is 12.7. The zero-order valence-corrected chi connectivity index (χ0v) is 11.0. The topological polar surface area (TPSA) is 107 Å². The van der Waals surface area contributed by atoms with Gasteiger partial charge in [0.25, 0.3) is 0 Å². The first-order valence-electron chi connectivity index (χ1n) is 6.18. The molecule has 1 aliphatic heterocycles. The van der Waals surface area contributed by atoms with Gasteiger partial charge in [0.1, 0.15) is 22.8 Å². The van der Waals surface area contributed by atoms with Crippen molar-refractivity contribution in [3.63, 3.8) is 0 Å². The number of fused-ring (bicyclic) bond motifs is 1. The average Bonchev–Trinajstić information content (AvgIpc) is 2.42. The molecule has 6 heteroatoms. The first-order chi connectivity index (χ1) is 9.99. The molecule has 2 aromatic rings. The SMILES string of the molecule is O=C1CCOc2cc(O)cc(O)c21.Oc1ccccc1O. The first-order valence-corrected chi connectivity index (χ1v) is 6.18. The lowest BCUT2D eigenvalue weighted by Crippen LogP contribution is -2.15. The highest BCUT2D eigenvalue weighted by atomic mass is 16.5. The van der Waals surface area contributed by atoms with Crippen LogP contribution in [0.1, 0.15) is 16.8 Å². The fraction of sp³-hybridized carbons (Fsp3) is 0.133. The van der Waals surface area contributed by atoms with Crippen molar-refractivity contribution >= 4 is 5.78 Å². The van der Waals surface area contributed by atoms with Gasteiger partial charge in [-0.25, -0.2) is 0 Å². The smallest absolute Gasteiger partial charge is 0.173 e. The summed E-state index contributed by atoms with van der Waals surface area (Å²) in [4.78, 5) is 11.3. The minimum absolute atomic E-state index is 0.0764. The number of ether oxygens (including phenoxy) is 1. The third-order valence-corrected chi connectivity index (χ3v) is 2.81. The third-order valence-electron chi connectivity index (χ3n) is 2.81. The van der Waals surface area contributed by atoms with Crippen molar-refractivity contribution in [2.75, 3.05) is 6.61 Å². The Morgan fingerprint density at radius 1 is 0.905 bits per heavy atom. The fourth-order valence-corrected chi connectivity index (χ4v) is 1.82. The number of hydrogen-bond donors (Lipinski definition) is 4. The lowest BCUT2D eigenvalue weighted by atomic mass is 10.0. The minimum Gasteiger partial charge on any atom is -0.508 e. The predicted molar refractivity (Wildman–Crippen MR) is 74.0 cm³/mol. The van der Waals surface area contributed by atoms with Crippen LogP contribution in [0.25, 0.3) is 0 Å². The summed E-state index contributed by atoms with van der Waals surface area (Å²) in [5.74, 6) is -0.377. The summed E-state index contributed by atoms with van der Waals surface area (Å²) in [7, 11) is 0. The predicted octanol–water partition coefficient (Wildman–Crippen LogP) is 2.16. The standard InChI is InChI=1S/C9H8O4.C6H6O2/c10-5-3-7(12)9-6(11)1-2-13-8(9)4-5;7-5-3-1-2-4-6(5)8/h3-4,10,12H,1-2H2;1-4,7-8H. The van der Waals surface area contributed by atoms with E-state index in [2.05, 4.69) is 0 Å². The van der Waals surface area contributed by atoms with Crippen molar-refractivity contribution in [1.82, 2.24) is 0 Å². The molecule has 6 nitrogen and oxygen atoms in total. The highest BCUT2D eigenvalue weighted by Crippen LogP contribution is 2.35. The van der Waals surface area contributed by atoms with Crippen molar-refractivity contribution in [3.05, 3.63) is 42.0 Å². The number of phenolic OH excluding ortho intramolecular Hbond substituents is 4. The molecular weight excluding hydrogens is 276 g/mol. The summed E-state index contributed by atoms with van der Waals surface area (Å²) in [6.07, 6.45) is 0.269. The van der Waals surface area contributed by atoms with Crippen LogP contribution >= 0.6 is 0 Å². The number of carbonyl (C=O) groups excluding carboxylic acids is 1. The Hall–Kier alpha value is -2.89. The lowest BCUT2D eigenvalue weighted by molar-refractivity contribution is 0.0929. The average molecular weight is 290 g/mol. The number of para-hydroxylation sites is 2. The maximum Gasteiger partial charge on any atom is 0.173 e. The highest BCUT2D eigenvalue weighted by Gasteiger charge is 2.22. The van der Waals surface area contributed by atoms with Gasteiger partial charge < -0.3 is 25.2 Å². The molecule has 0 spiro atoms. The molecule has 0 bridgehead atoms. The summed E-state index contributed by atoms with van der Waals surface area (Å²) in [5.41, 5.74) is 0.170. The molecular formula is C15H14O6. The van der Waals surface area contributed by atoms with Gasteiger partial charge >= 0.3 is 0 Å². The van der Waals surface area contributed by atoms with Crippen molar-refractivity contribution < 1.29 is 30.0 Å². The molecule has 3 rings (SSSR count). The van der Waals surface area contributed by atoms with Crippen LogP contribution in [0.15, 0.2) is 36.4 Å². The van der Waals surface area contributed by atoms with Crippen molar-refractivity contribution in [2.45, 2.75) is 6.42 Å². The molecule has 0 atom stereocenters. The van der Waals surface area contributed by atoms with Gasteiger partial charge in [0.15, 0.2) is 17.3 Å². The van der Waals surface area contributed by atoms with Gasteiger partial charge in [-0.2, -0.15) is 0 Å². The van der Waals surface area contributed by atoms with Crippen molar-refractivity contribution in [3.8, 4) is 28.7 Å². The zero-order valence-electron chi connectivity index (χ0n) is 11.0. The molecule has 0 amide bonds. The summed E-state index contributed by atoms with van der Waals surface area (Å²) in [6.45, 7) is 0.300. The molecule has 0 aliphatic carbocycles. The molecule has 4 N–H and O–H groups in total. The minimum atomic E-state index is -0.222. The number of Topliss-reactive ketones (excluding diaryl/α,β-unsaturated/α-hetero) is 1. The Morgan fingerprint density at radius 3 is 2.10 bits per heavy atom. The largest absolute Gasteiger partial charge is 0.508 e. The molecule has 1 aliphatic rings. The molecule has 110 valence electrons. The van der Waals surface area contributed by atoms with Crippen LogP contribution in [0.5, 0.6) is 28.7 Å². The van der Waals surface area contributed by atoms with E-state index in [9.17, 15) is 9.90 Å². The van der Waals surface area contributed by atoms with Crippen LogP contribution < -0.4 is 4.74 Å². The highest BCUT2D eigenvalue weighted by molar-refractivity contribution is 6.02. The molecule has 21 heavy (non-hydrogen) atoms. The van der Waals surface area contributed by atoms with Gasteiger partial charge in [0, 0.05) is 18.6 Å². The van der Waals surface area contributed by atoms with E-state index >= 15 is 0 Å². The molecule has 0 aromatic heterocycles. The van der Waals surface area contributed by atoms with Gasteiger partial charge in [0.2, 0.25) is 0 Å². The summed E-state index contributed by atoms with van der Waals surface area (Å²) in [5, 5.41) is 35.8. The van der Waals surface area contributed by atoms with Gasteiger partial charge in [-0.1, -0.05) is 12.1 Å². The number of rotatable bonds is 0. The number of carbonyl (C=O) groups is 1. The van der Waals surface area contributed by atoms with Gasteiger partial charge in [-0.15, -0.1) is 0 Å². The summed E-state index contributed by atoms with van der Waals surface area (Å²) < 4.78 is 5.11. The fourth-order valence-electron chi connectivity index (χ4n) is 1.82. The van der Waals surface area contributed by atoms with E-state index in [-0.39, 0.29) is 46.5 Å². The number of ketones is 1. The van der Waals surface area contributed by atoms with E-state index in [1.165, 1.54) is 18.2 Å². The lowest BCUT2D eigenvalue weighted by Gasteiger charge is -2.16. The quantitative estimate of drug-likeness (QED) is 0.554. The van der Waals surface area contributed by atoms with E-state index in [0.29, 0.717) is 6.61 Å². The van der Waals surface area contributed by atoms with E-state index in [1.807, 2.05) is 0 Å². The number of aromatic hydroxyl groups is 4. The maximum atomic E-state index is 11.3. The molecule has 1 heterocycles. The second kappa shape index (κ2) is 6.04. The number of hydrogen-bond acceptors (Lipinski definition) is 6. The molecule has 0 saturated carbocycles. The summed E-state index contributed by atoms with van der Waals surface area (Å²) >= 11 is 0. The zero-order chi connectivity index (χ0) is 15.4. The Kier molecular flexibility index (Phi) is 4.18. The van der Waals surface area contributed by atoms with Crippen LogP contribution in [0.3, 0.4) is 0 Å². The molecule has 2 aromatic carbocycles. The van der Waals surface area contributed by atoms with E-state index in [4.69, 9.17) is 20.1 Å². The van der Waals surface area contributed by atoms with E-state index in [1.54, 1.807) is 12.1 Å². The molecule has 0 fully saturated rings. The molecule has 0 radical (unpaired) electrons. The monoisotopic (exact) mass is 290 g/mol. The Bertz CT molecular complexity index is 644. The van der Waals surface area contributed by atoms with Crippen molar-refractivity contribution in [1.29, 1.82) is 0 Å². The van der Waals surface area contributed by atoms with Crippen LogP contribution in [-0.2, 0) is 0 Å². The van der Waals surface area contributed by atoms with Crippen LogP contribution in [-0.4, -0.2) is 32.8 Å². The van der Waals surface area contributed by atoms with Crippen LogP contribution in [0.2, 0.25) is 0 Å². The van der Waals surface area contributed by atoms with Gasteiger partial charge in [-0.05, 0) is 12.1 Å². The first kappa shape index (κ1) is 14.5. The molecule has 0 saturated heterocycles. The summed E-state index contributed by atoms with van der Waals surface area (Å²) in [6, 6.07) is 8.60. The van der Waals surface area contributed by atoms with Crippen molar-refractivity contribution in [2.24, 2.45) is 0 Å². The molecule has 0 unspecified atom stereocenters. The second-order valence-electron chi connectivity index (χ2n) is 4.35. The number of phenols is 4. The van der Waals surface area contributed by atoms with Crippen LogP contribution in [0, 0.1) is 0 Å². The Labute approximate surface area is 120 Å². The van der Waals surface area contributed by atoms with Crippen LogP contribution in [0.4, 0.5) is 0 Å². The Balaban J connectivity index is 0.000000173. The second-order valence-corrected chi connectivity index (χ2v) is 4.35. The Morgan fingerprint density at radius 2 is 1.52 bits per heavy atom. The van der Waals surface area contributed by atoms with E-state index < -0.39 is 0 Å². The third kappa shape index (κ3) is 3.36. The van der Waals surface area contributed by atoms with Gasteiger partial charge in [0.05, 0.1) is 6.61 Å². The number of benzene rings is 2. The maximum absolute atomic E-state index is 11.3. The van der Waals surface area contributed by atoms with Gasteiger partial charge in [-0.3, -0.25) is 4.79 Å². The van der Waals surface area contributed by atoms with E-state index in [0.717, 1.165) is 6.07 Å².